The molecule has 1 unspecified atom stereocenters. The summed E-state index contributed by atoms with van der Waals surface area (Å²) in [6, 6.07) is 10.6. The van der Waals surface area contributed by atoms with Crippen LogP contribution in [0.15, 0.2) is 52.2 Å². The van der Waals surface area contributed by atoms with Gasteiger partial charge >= 0.3 is 5.69 Å². The van der Waals surface area contributed by atoms with Gasteiger partial charge in [0.25, 0.3) is 15.9 Å². The van der Waals surface area contributed by atoms with Crippen molar-refractivity contribution in [3.05, 3.63) is 58.5 Å². The van der Waals surface area contributed by atoms with Gasteiger partial charge in [-0.05, 0) is 43.2 Å². The molecule has 1 amide bonds. The van der Waals surface area contributed by atoms with Crippen molar-refractivity contribution in [2.24, 2.45) is 0 Å². The van der Waals surface area contributed by atoms with Crippen molar-refractivity contribution < 1.29 is 17.9 Å². The van der Waals surface area contributed by atoms with E-state index >= 15 is 0 Å². The van der Waals surface area contributed by atoms with Crippen LogP contribution in [-0.2, 0) is 14.8 Å². The molecule has 1 aliphatic rings. The third-order valence-electron chi connectivity index (χ3n) is 4.73. The lowest BCUT2D eigenvalue weighted by atomic mass is 10.1. The second kappa shape index (κ2) is 7.72. The van der Waals surface area contributed by atoms with Crippen LogP contribution in [0, 0.1) is 0 Å². The minimum absolute atomic E-state index is 0.0157. The highest BCUT2D eigenvalue weighted by molar-refractivity contribution is 7.92. The number of hydrogen-bond donors (Lipinski definition) is 4. The first kappa shape index (κ1) is 19.2. The van der Waals surface area contributed by atoms with E-state index in [2.05, 4.69) is 20.0 Å². The van der Waals surface area contributed by atoms with E-state index < -0.39 is 15.7 Å². The Morgan fingerprint density at radius 3 is 2.72 bits per heavy atom. The maximum absolute atomic E-state index is 12.8. The number of sulfonamides is 1. The van der Waals surface area contributed by atoms with E-state index in [1.165, 1.54) is 24.3 Å². The Morgan fingerprint density at radius 2 is 1.93 bits per heavy atom. The molecule has 9 nitrogen and oxygen atoms in total. The van der Waals surface area contributed by atoms with Crippen molar-refractivity contribution >= 4 is 32.7 Å². The number of amides is 1. The molecule has 0 aliphatic carbocycles. The van der Waals surface area contributed by atoms with Crippen LogP contribution in [0.3, 0.4) is 0 Å². The van der Waals surface area contributed by atoms with Crippen molar-refractivity contribution in [3.8, 4) is 0 Å². The zero-order valence-corrected chi connectivity index (χ0v) is 16.2. The summed E-state index contributed by atoms with van der Waals surface area (Å²) in [6.45, 7) is 1.06. The van der Waals surface area contributed by atoms with Gasteiger partial charge in [0.15, 0.2) is 0 Å². The number of carbonyl (C=O) groups excluding carboxylic acids is 1. The van der Waals surface area contributed by atoms with Crippen LogP contribution in [-0.4, -0.2) is 43.5 Å². The number of carbonyl (C=O) groups is 1. The number of anilines is 1. The summed E-state index contributed by atoms with van der Waals surface area (Å²) in [5.41, 5.74) is 0.837. The van der Waals surface area contributed by atoms with Gasteiger partial charge in [0.2, 0.25) is 0 Å². The fraction of sp³-hybridized carbons (Fsp3) is 0.263. The summed E-state index contributed by atoms with van der Waals surface area (Å²) in [6.07, 6.45) is 1.84. The number of aromatic nitrogens is 2. The molecule has 1 aliphatic heterocycles. The molecule has 0 radical (unpaired) electrons. The molecule has 1 aromatic heterocycles. The monoisotopic (exact) mass is 416 g/mol. The quantitative estimate of drug-likeness (QED) is 0.484. The van der Waals surface area contributed by atoms with E-state index in [4.69, 9.17) is 4.74 Å². The third kappa shape index (κ3) is 4.17. The number of aromatic amines is 2. The van der Waals surface area contributed by atoms with Gasteiger partial charge in [-0.2, -0.15) is 0 Å². The molecule has 1 saturated heterocycles. The number of ether oxygens (including phenoxy) is 1. The molecule has 0 spiro atoms. The first-order chi connectivity index (χ1) is 13.9. The van der Waals surface area contributed by atoms with Gasteiger partial charge in [-0.25, -0.2) is 13.2 Å². The average Bonchev–Trinajstić information content (AvgIpc) is 3.34. The Hall–Kier alpha value is -3.11. The fourth-order valence-electron chi connectivity index (χ4n) is 3.26. The van der Waals surface area contributed by atoms with E-state index in [0.717, 1.165) is 12.8 Å². The van der Waals surface area contributed by atoms with Gasteiger partial charge in [0.05, 0.1) is 33.3 Å². The van der Waals surface area contributed by atoms with E-state index in [0.29, 0.717) is 24.2 Å². The van der Waals surface area contributed by atoms with Crippen molar-refractivity contribution in [3.63, 3.8) is 0 Å². The molecule has 2 heterocycles. The maximum atomic E-state index is 12.8. The van der Waals surface area contributed by atoms with Crippen molar-refractivity contribution in [2.45, 2.75) is 23.8 Å². The zero-order chi connectivity index (χ0) is 20.4. The summed E-state index contributed by atoms with van der Waals surface area (Å²) < 4.78 is 33.6. The van der Waals surface area contributed by atoms with Gasteiger partial charge in [-0.1, -0.05) is 12.1 Å². The Bertz CT molecular complexity index is 1210. The average molecular weight is 416 g/mol. The molecule has 4 rings (SSSR count). The minimum atomic E-state index is -3.97. The summed E-state index contributed by atoms with van der Waals surface area (Å²) in [5, 5.41) is 2.79. The lowest BCUT2D eigenvalue weighted by Crippen LogP contribution is -2.32. The van der Waals surface area contributed by atoms with E-state index in [1.54, 1.807) is 18.2 Å². The minimum Gasteiger partial charge on any atom is -0.376 e. The first-order valence-electron chi connectivity index (χ1n) is 9.16. The molecule has 4 N–H and O–H groups in total. The van der Waals surface area contributed by atoms with E-state index in [1.807, 2.05) is 0 Å². The van der Waals surface area contributed by atoms with Gasteiger partial charge in [0, 0.05) is 13.2 Å². The highest BCUT2D eigenvalue weighted by atomic mass is 32.2. The summed E-state index contributed by atoms with van der Waals surface area (Å²) in [4.78, 5) is 29.0. The van der Waals surface area contributed by atoms with Crippen molar-refractivity contribution in [1.29, 1.82) is 0 Å². The Labute approximate surface area is 166 Å². The number of hydrogen-bond acceptors (Lipinski definition) is 5. The van der Waals surface area contributed by atoms with E-state index in [9.17, 15) is 18.0 Å². The second-order valence-electron chi connectivity index (χ2n) is 6.78. The normalized spacial score (nSPS) is 16.8. The van der Waals surface area contributed by atoms with Crippen LogP contribution in [0.2, 0.25) is 0 Å². The van der Waals surface area contributed by atoms with Crippen LogP contribution in [0.5, 0.6) is 0 Å². The molecule has 10 heteroatoms. The van der Waals surface area contributed by atoms with E-state index in [-0.39, 0.29) is 28.2 Å². The van der Waals surface area contributed by atoms with Gasteiger partial charge in [-0.3, -0.25) is 9.52 Å². The zero-order valence-electron chi connectivity index (χ0n) is 15.4. The van der Waals surface area contributed by atoms with Gasteiger partial charge in [-0.15, -0.1) is 0 Å². The first-order valence-corrected chi connectivity index (χ1v) is 10.6. The predicted molar refractivity (Wildman–Crippen MR) is 107 cm³/mol. The smallest absolute Gasteiger partial charge is 0.323 e. The number of nitrogens with one attached hydrogen (secondary N) is 4. The standard InChI is InChI=1S/C19H20N4O5S/c24-18(20-11-12-4-3-9-28-12)14-5-1-2-6-15(14)23-29(26,27)13-7-8-16-17(10-13)22-19(25)21-16/h1-2,5-8,10,12,23H,3-4,9,11H2,(H,20,24)(H2,21,22,25). The van der Waals surface area contributed by atoms with Crippen molar-refractivity contribution in [1.82, 2.24) is 15.3 Å². The molecule has 1 atom stereocenters. The number of para-hydroxylation sites is 1. The Kier molecular flexibility index (Phi) is 5.12. The Morgan fingerprint density at radius 1 is 1.14 bits per heavy atom. The second-order valence-corrected chi connectivity index (χ2v) is 8.47. The van der Waals surface area contributed by atoms with Crippen LogP contribution in [0.25, 0.3) is 11.0 Å². The topological polar surface area (TPSA) is 133 Å². The van der Waals surface area contributed by atoms with Crippen LogP contribution in [0.1, 0.15) is 23.2 Å². The van der Waals surface area contributed by atoms with Gasteiger partial charge in [0.1, 0.15) is 0 Å². The lowest BCUT2D eigenvalue weighted by Gasteiger charge is -2.14. The molecule has 29 heavy (non-hydrogen) atoms. The van der Waals surface area contributed by atoms with Crippen LogP contribution >= 0.6 is 0 Å². The molecule has 2 aromatic carbocycles. The lowest BCUT2D eigenvalue weighted by molar-refractivity contribution is 0.0858. The molecule has 0 saturated carbocycles. The third-order valence-corrected chi connectivity index (χ3v) is 6.09. The number of benzene rings is 2. The fourth-order valence-corrected chi connectivity index (χ4v) is 4.37. The molecular formula is C19H20N4O5S. The molecule has 1 fully saturated rings. The van der Waals surface area contributed by atoms with Crippen LogP contribution < -0.4 is 15.7 Å². The SMILES string of the molecule is O=C(NCC1CCCO1)c1ccccc1NS(=O)(=O)c1ccc2[nH]c(=O)[nH]c2c1. The maximum Gasteiger partial charge on any atom is 0.323 e. The number of H-pyrrole nitrogens is 2. The summed E-state index contributed by atoms with van der Waals surface area (Å²) >= 11 is 0. The summed E-state index contributed by atoms with van der Waals surface area (Å²) in [5.74, 6) is -0.385. The van der Waals surface area contributed by atoms with Crippen molar-refractivity contribution in [2.75, 3.05) is 17.9 Å². The molecule has 152 valence electrons. The molecule has 0 bridgehead atoms. The number of fused-ring (bicyclic) bond motifs is 1. The van der Waals surface area contributed by atoms with Crippen LogP contribution in [0.4, 0.5) is 5.69 Å². The Balaban J connectivity index is 1.56. The number of rotatable bonds is 6. The summed E-state index contributed by atoms with van der Waals surface area (Å²) in [7, 11) is -3.97. The molecule has 3 aromatic rings. The highest BCUT2D eigenvalue weighted by Crippen LogP contribution is 2.22. The molecular weight excluding hydrogens is 396 g/mol. The highest BCUT2D eigenvalue weighted by Gasteiger charge is 2.21. The number of imidazole rings is 1. The largest absolute Gasteiger partial charge is 0.376 e. The predicted octanol–water partition coefficient (Wildman–Crippen LogP) is 1.57. The van der Waals surface area contributed by atoms with Gasteiger partial charge < -0.3 is 20.0 Å².